The van der Waals surface area contributed by atoms with Gasteiger partial charge in [-0.05, 0) is 107 Å². The molecule has 2 aromatic rings. The molecule has 6 nitrogen and oxygen atoms in total. The molecule has 40 heavy (non-hydrogen) atoms. The SMILES string of the molecule is CN1C2CCC1CC(OC(=O)C1CCC(C(=O)Oc3ccccc3)(C3CC4CCC(C3)N4C)c3ccccc31)C2. The van der Waals surface area contributed by atoms with Crippen molar-refractivity contribution in [3.8, 4) is 5.75 Å². The zero-order valence-electron chi connectivity index (χ0n) is 23.8. The average molecular weight is 543 g/mol. The van der Waals surface area contributed by atoms with E-state index >= 15 is 0 Å². The first-order valence-electron chi connectivity index (χ1n) is 15.4. The maximum atomic E-state index is 14.4. The van der Waals surface area contributed by atoms with Gasteiger partial charge in [0.1, 0.15) is 11.9 Å². The second kappa shape index (κ2) is 10.3. The molecule has 1 aliphatic carbocycles. The molecule has 6 heteroatoms. The summed E-state index contributed by atoms with van der Waals surface area (Å²) >= 11 is 0. The fourth-order valence-corrected chi connectivity index (χ4v) is 9.12. The summed E-state index contributed by atoms with van der Waals surface area (Å²) in [4.78, 5) is 33.2. The van der Waals surface area contributed by atoms with Gasteiger partial charge < -0.3 is 19.3 Å². The number of piperidine rings is 2. The maximum Gasteiger partial charge on any atom is 0.322 e. The van der Waals surface area contributed by atoms with Crippen molar-refractivity contribution in [2.75, 3.05) is 14.1 Å². The third-order valence-electron chi connectivity index (χ3n) is 11.4. The van der Waals surface area contributed by atoms with Gasteiger partial charge in [-0.3, -0.25) is 9.59 Å². The van der Waals surface area contributed by atoms with Gasteiger partial charge in [0.15, 0.2) is 0 Å². The molecule has 0 N–H and O–H groups in total. The van der Waals surface area contributed by atoms with Crippen molar-refractivity contribution < 1.29 is 19.1 Å². The Kier molecular flexibility index (Phi) is 6.74. The standard InChI is InChI=1S/C34H42N2O4/c1-35-23-12-13-24(35)19-22(18-23)34(33(38)40-27-8-4-3-5-9-27)17-16-30(29-10-6-7-11-31(29)34)32(37)39-28-20-25-14-15-26(21-28)36(25)2/h3-11,22-26,28,30H,12-21H2,1-2H3. The fraction of sp³-hybridized carbons (Fsp3) is 0.588. The van der Waals surface area contributed by atoms with Crippen LogP contribution in [-0.4, -0.2) is 66.1 Å². The molecule has 2 aromatic carbocycles. The minimum atomic E-state index is -0.766. The molecule has 6 atom stereocenters. The van der Waals surface area contributed by atoms with Gasteiger partial charge in [0, 0.05) is 24.2 Å². The maximum absolute atomic E-state index is 14.4. The Hall–Kier alpha value is -2.70. The van der Waals surface area contributed by atoms with Crippen LogP contribution in [0, 0.1) is 5.92 Å². The number of carbonyl (C=O) groups is 2. The van der Waals surface area contributed by atoms with Gasteiger partial charge in [-0.15, -0.1) is 0 Å². The second-order valence-electron chi connectivity index (χ2n) is 13.2. The Balaban J connectivity index is 1.21. The van der Waals surface area contributed by atoms with Crippen molar-refractivity contribution in [3.63, 3.8) is 0 Å². The van der Waals surface area contributed by atoms with Gasteiger partial charge >= 0.3 is 11.9 Å². The summed E-state index contributed by atoms with van der Waals surface area (Å²) in [6, 6.07) is 19.7. The van der Waals surface area contributed by atoms with E-state index in [-0.39, 0.29) is 29.9 Å². The number of para-hydroxylation sites is 1. The number of hydrogen-bond acceptors (Lipinski definition) is 6. The highest BCUT2D eigenvalue weighted by Gasteiger charge is 2.57. The lowest BCUT2D eigenvalue weighted by atomic mass is 9.57. The number of rotatable bonds is 5. The van der Waals surface area contributed by atoms with Crippen LogP contribution in [0.15, 0.2) is 54.6 Å². The molecular formula is C34H42N2O4. The quantitative estimate of drug-likeness (QED) is 0.370. The highest BCUT2D eigenvalue weighted by molar-refractivity contribution is 5.89. The van der Waals surface area contributed by atoms with Crippen LogP contribution in [0.5, 0.6) is 5.75 Å². The first kappa shape index (κ1) is 26.2. The van der Waals surface area contributed by atoms with E-state index in [9.17, 15) is 9.59 Å². The van der Waals surface area contributed by atoms with E-state index in [1.54, 1.807) is 0 Å². The molecule has 4 bridgehead atoms. The van der Waals surface area contributed by atoms with Gasteiger partial charge in [-0.2, -0.15) is 0 Å². The van der Waals surface area contributed by atoms with Crippen LogP contribution in [0.3, 0.4) is 0 Å². The van der Waals surface area contributed by atoms with Crippen LogP contribution < -0.4 is 4.74 Å². The molecule has 0 amide bonds. The predicted molar refractivity (Wildman–Crippen MR) is 153 cm³/mol. The van der Waals surface area contributed by atoms with Crippen molar-refractivity contribution >= 4 is 11.9 Å². The van der Waals surface area contributed by atoms with Crippen molar-refractivity contribution in [1.29, 1.82) is 0 Å². The lowest BCUT2D eigenvalue weighted by molar-refractivity contribution is -0.156. The highest BCUT2D eigenvalue weighted by Crippen LogP contribution is 2.54. The Morgan fingerprint density at radius 1 is 0.750 bits per heavy atom. The van der Waals surface area contributed by atoms with E-state index in [2.05, 4.69) is 36.0 Å². The fourth-order valence-electron chi connectivity index (χ4n) is 9.12. The molecule has 0 saturated carbocycles. The van der Waals surface area contributed by atoms with Crippen molar-refractivity contribution in [2.24, 2.45) is 5.92 Å². The Labute approximate surface area is 238 Å². The lowest BCUT2D eigenvalue weighted by Gasteiger charge is -2.49. The topological polar surface area (TPSA) is 59.1 Å². The van der Waals surface area contributed by atoms with Crippen LogP contribution in [0.2, 0.25) is 0 Å². The Morgan fingerprint density at radius 2 is 1.32 bits per heavy atom. The average Bonchev–Trinajstić information content (AvgIpc) is 3.28. The number of esters is 2. The minimum absolute atomic E-state index is 0.00685. The third-order valence-corrected chi connectivity index (χ3v) is 11.4. The van der Waals surface area contributed by atoms with Crippen LogP contribution >= 0.6 is 0 Å². The number of nitrogens with zero attached hydrogens (tertiary/aromatic N) is 2. The molecule has 4 saturated heterocycles. The molecule has 4 fully saturated rings. The zero-order chi connectivity index (χ0) is 27.4. The molecule has 0 aromatic heterocycles. The summed E-state index contributed by atoms with van der Waals surface area (Å²) in [6.07, 6.45) is 9.83. The summed E-state index contributed by atoms with van der Waals surface area (Å²) < 4.78 is 12.4. The van der Waals surface area contributed by atoms with E-state index in [0.717, 1.165) is 36.8 Å². The van der Waals surface area contributed by atoms with E-state index in [0.29, 0.717) is 42.8 Å². The summed E-state index contributed by atoms with van der Waals surface area (Å²) in [7, 11) is 4.45. The monoisotopic (exact) mass is 542 g/mol. The number of fused-ring (bicyclic) bond motifs is 5. The summed E-state index contributed by atoms with van der Waals surface area (Å²) in [6.45, 7) is 0. The first-order chi connectivity index (χ1) is 19.4. The number of carbonyl (C=O) groups excluding carboxylic acids is 2. The lowest BCUT2D eigenvalue weighted by Crippen LogP contribution is -2.54. The number of ether oxygens (including phenoxy) is 2. The summed E-state index contributed by atoms with van der Waals surface area (Å²) in [5, 5.41) is 0. The molecule has 212 valence electrons. The normalized spacial score (nSPS) is 37.1. The van der Waals surface area contributed by atoms with Crippen molar-refractivity contribution in [2.45, 2.75) is 106 Å². The minimum Gasteiger partial charge on any atom is -0.462 e. The van der Waals surface area contributed by atoms with Gasteiger partial charge in [0.25, 0.3) is 0 Å². The second-order valence-corrected chi connectivity index (χ2v) is 13.2. The first-order valence-corrected chi connectivity index (χ1v) is 15.4. The van der Waals surface area contributed by atoms with Gasteiger partial charge in [-0.25, -0.2) is 0 Å². The largest absolute Gasteiger partial charge is 0.462 e. The zero-order valence-corrected chi connectivity index (χ0v) is 23.8. The Bertz CT molecular complexity index is 1240. The molecule has 4 aliphatic heterocycles. The van der Waals surface area contributed by atoms with Crippen LogP contribution in [0.25, 0.3) is 0 Å². The molecular weight excluding hydrogens is 500 g/mol. The van der Waals surface area contributed by atoms with E-state index in [1.807, 2.05) is 42.5 Å². The van der Waals surface area contributed by atoms with Crippen molar-refractivity contribution in [3.05, 3.63) is 65.7 Å². The summed E-state index contributed by atoms with van der Waals surface area (Å²) in [5.74, 6) is 0.140. The molecule has 0 radical (unpaired) electrons. The molecule has 7 rings (SSSR count). The molecule has 4 heterocycles. The highest BCUT2D eigenvalue weighted by atomic mass is 16.5. The summed E-state index contributed by atoms with van der Waals surface area (Å²) in [5.41, 5.74) is 1.19. The Morgan fingerprint density at radius 3 is 1.98 bits per heavy atom. The number of benzene rings is 2. The van der Waals surface area contributed by atoms with E-state index < -0.39 is 5.41 Å². The molecule has 5 aliphatic rings. The predicted octanol–water partition coefficient (Wildman–Crippen LogP) is 5.45. The van der Waals surface area contributed by atoms with Crippen molar-refractivity contribution in [1.82, 2.24) is 9.80 Å². The number of hydrogen-bond donors (Lipinski definition) is 0. The smallest absolute Gasteiger partial charge is 0.322 e. The third kappa shape index (κ3) is 4.30. The molecule has 6 unspecified atom stereocenters. The molecule has 0 spiro atoms. The van der Waals surface area contributed by atoms with Gasteiger partial charge in [0.2, 0.25) is 0 Å². The van der Waals surface area contributed by atoms with Gasteiger partial charge in [-0.1, -0.05) is 42.5 Å². The van der Waals surface area contributed by atoms with Crippen LogP contribution in [-0.2, 0) is 19.7 Å². The van der Waals surface area contributed by atoms with Gasteiger partial charge in [0.05, 0.1) is 11.3 Å². The van der Waals surface area contributed by atoms with Crippen LogP contribution in [0.4, 0.5) is 0 Å². The van der Waals surface area contributed by atoms with E-state index in [1.165, 1.54) is 25.7 Å². The van der Waals surface area contributed by atoms with Crippen LogP contribution in [0.1, 0.15) is 81.3 Å². The van der Waals surface area contributed by atoms with E-state index in [4.69, 9.17) is 9.47 Å².